The summed E-state index contributed by atoms with van der Waals surface area (Å²) in [5.74, 6) is -2.06. The molecule has 0 radical (unpaired) electrons. The fourth-order valence-corrected chi connectivity index (χ4v) is 1.05. The Hall–Kier alpha value is -2.37. The van der Waals surface area contributed by atoms with Gasteiger partial charge in [-0.1, -0.05) is 25.8 Å². The van der Waals surface area contributed by atoms with Crippen molar-refractivity contribution in [2.24, 2.45) is 5.41 Å². The Morgan fingerprint density at radius 3 is 1.75 bits per heavy atom. The molecule has 0 aromatic carbocycles. The van der Waals surface area contributed by atoms with Crippen molar-refractivity contribution in [3.63, 3.8) is 0 Å². The lowest BCUT2D eigenvalue weighted by atomic mass is 9.93. The topological polar surface area (TPSA) is 78.9 Å². The number of rotatable bonds is 9. The molecule has 0 amide bonds. The van der Waals surface area contributed by atoms with Gasteiger partial charge in [-0.3, -0.25) is 4.79 Å². The Labute approximate surface area is 117 Å². The molecule has 0 saturated carbocycles. The highest BCUT2D eigenvalue weighted by Gasteiger charge is 2.38. The van der Waals surface area contributed by atoms with Crippen LogP contribution in [0.1, 0.15) is 6.92 Å². The first-order valence-electron chi connectivity index (χ1n) is 5.76. The quantitative estimate of drug-likeness (QED) is 0.273. The smallest absolute Gasteiger partial charge is 0.330 e. The zero-order valence-corrected chi connectivity index (χ0v) is 11.4. The Morgan fingerprint density at radius 2 is 1.40 bits per heavy atom. The van der Waals surface area contributed by atoms with Crippen LogP contribution in [0.15, 0.2) is 38.0 Å². The molecule has 0 bridgehead atoms. The van der Waals surface area contributed by atoms with E-state index in [-0.39, 0.29) is 19.8 Å². The van der Waals surface area contributed by atoms with Crippen LogP contribution in [-0.4, -0.2) is 37.7 Å². The number of carbonyl (C=O) groups is 3. The fraction of sp³-hybridized carbons (Fsp3) is 0.357. The molecule has 0 spiro atoms. The van der Waals surface area contributed by atoms with Gasteiger partial charge >= 0.3 is 17.9 Å². The summed E-state index contributed by atoms with van der Waals surface area (Å²) in [5, 5.41) is 0. The summed E-state index contributed by atoms with van der Waals surface area (Å²) in [7, 11) is 0. The monoisotopic (exact) mass is 282 g/mol. The molecule has 110 valence electrons. The van der Waals surface area contributed by atoms with E-state index in [9.17, 15) is 14.4 Å². The zero-order valence-electron chi connectivity index (χ0n) is 11.4. The first kappa shape index (κ1) is 17.6. The maximum Gasteiger partial charge on any atom is 0.330 e. The van der Waals surface area contributed by atoms with E-state index in [2.05, 4.69) is 19.7 Å². The molecular weight excluding hydrogens is 264 g/mol. The van der Waals surface area contributed by atoms with E-state index < -0.39 is 23.3 Å². The van der Waals surface area contributed by atoms with Crippen LogP contribution < -0.4 is 0 Å². The molecule has 6 heteroatoms. The molecule has 0 heterocycles. The van der Waals surface area contributed by atoms with Crippen LogP contribution in [0.4, 0.5) is 0 Å². The Balaban J connectivity index is 4.80. The van der Waals surface area contributed by atoms with E-state index in [4.69, 9.17) is 14.2 Å². The van der Waals surface area contributed by atoms with Gasteiger partial charge in [-0.2, -0.15) is 0 Å². The molecule has 0 aromatic heterocycles. The van der Waals surface area contributed by atoms with Crippen molar-refractivity contribution in [1.82, 2.24) is 0 Å². The summed E-state index contributed by atoms with van der Waals surface area (Å²) >= 11 is 0. The minimum absolute atomic E-state index is 0.000761. The fourth-order valence-electron chi connectivity index (χ4n) is 1.05. The summed E-state index contributed by atoms with van der Waals surface area (Å²) in [6.45, 7) is 10.7. The molecule has 0 atom stereocenters. The molecule has 0 saturated heterocycles. The molecule has 6 nitrogen and oxygen atoms in total. The second kappa shape index (κ2) is 8.68. The molecule has 0 aliphatic heterocycles. The van der Waals surface area contributed by atoms with Gasteiger partial charge in [0.1, 0.15) is 25.2 Å². The molecule has 20 heavy (non-hydrogen) atoms. The Bertz CT molecular complexity index is 386. The van der Waals surface area contributed by atoms with Gasteiger partial charge in [-0.05, 0) is 6.92 Å². The van der Waals surface area contributed by atoms with Crippen LogP contribution in [0.3, 0.4) is 0 Å². The molecule has 0 aromatic rings. The first-order valence-corrected chi connectivity index (χ1v) is 5.76. The minimum atomic E-state index is -1.32. The van der Waals surface area contributed by atoms with E-state index in [0.717, 1.165) is 12.2 Å². The third kappa shape index (κ3) is 5.99. The molecule has 0 N–H and O–H groups in total. The molecule has 0 aliphatic rings. The third-order valence-corrected chi connectivity index (χ3v) is 2.22. The second-order valence-corrected chi connectivity index (χ2v) is 4.07. The molecule has 0 aliphatic carbocycles. The van der Waals surface area contributed by atoms with Gasteiger partial charge < -0.3 is 14.2 Å². The molecule has 0 rings (SSSR count). The predicted octanol–water partition coefficient (Wildman–Crippen LogP) is 1.18. The van der Waals surface area contributed by atoms with Crippen molar-refractivity contribution in [1.29, 1.82) is 0 Å². The van der Waals surface area contributed by atoms with Crippen molar-refractivity contribution in [3.05, 3.63) is 38.0 Å². The maximum absolute atomic E-state index is 11.9. The lowest BCUT2D eigenvalue weighted by Crippen LogP contribution is -2.40. The van der Waals surface area contributed by atoms with E-state index >= 15 is 0 Å². The van der Waals surface area contributed by atoms with E-state index in [1.807, 2.05) is 0 Å². The van der Waals surface area contributed by atoms with Crippen LogP contribution in [0.2, 0.25) is 0 Å². The number of esters is 3. The summed E-state index contributed by atoms with van der Waals surface area (Å²) in [4.78, 5) is 34.0. The van der Waals surface area contributed by atoms with Crippen LogP contribution in [0.25, 0.3) is 0 Å². The summed E-state index contributed by atoms with van der Waals surface area (Å²) in [5.41, 5.74) is -1.32. The van der Waals surface area contributed by atoms with Gasteiger partial charge in [0.25, 0.3) is 0 Å². The van der Waals surface area contributed by atoms with Crippen molar-refractivity contribution in [2.75, 3.05) is 19.8 Å². The number of hydrogen-bond donors (Lipinski definition) is 0. The van der Waals surface area contributed by atoms with Gasteiger partial charge in [-0.15, -0.1) is 0 Å². The molecule has 0 fully saturated rings. The zero-order chi connectivity index (χ0) is 15.6. The highest BCUT2D eigenvalue weighted by molar-refractivity contribution is 5.83. The van der Waals surface area contributed by atoms with Crippen molar-refractivity contribution < 1.29 is 28.6 Å². The SMILES string of the molecule is C=CCOC(=O)C(C)(COC(=O)C=C)COC(=O)C=C. The normalized spacial score (nSPS) is 10.1. The largest absolute Gasteiger partial charge is 0.461 e. The van der Waals surface area contributed by atoms with Gasteiger partial charge in [0.15, 0.2) is 0 Å². The van der Waals surface area contributed by atoms with Crippen molar-refractivity contribution >= 4 is 17.9 Å². The summed E-state index contributed by atoms with van der Waals surface area (Å²) in [6, 6.07) is 0. The van der Waals surface area contributed by atoms with Crippen LogP contribution in [-0.2, 0) is 28.6 Å². The number of carbonyl (C=O) groups excluding carboxylic acids is 3. The summed E-state index contributed by atoms with van der Waals surface area (Å²) in [6.07, 6.45) is 3.32. The minimum Gasteiger partial charge on any atom is -0.461 e. The van der Waals surface area contributed by atoms with Gasteiger partial charge in [-0.25, -0.2) is 9.59 Å². The van der Waals surface area contributed by atoms with Gasteiger partial charge in [0.05, 0.1) is 0 Å². The van der Waals surface area contributed by atoms with Crippen LogP contribution in [0, 0.1) is 5.41 Å². The van der Waals surface area contributed by atoms with Crippen LogP contribution in [0.5, 0.6) is 0 Å². The summed E-state index contributed by atoms with van der Waals surface area (Å²) < 4.78 is 14.5. The highest BCUT2D eigenvalue weighted by atomic mass is 16.6. The highest BCUT2D eigenvalue weighted by Crippen LogP contribution is 2.20. The second-order valence-electron chi connectivity index (χ2n) is 4.07. The van der Waals surface area contributed by atoms with E-state index in [1.165, 1.54) is 13.0 Å². The van der Waals surface area contributed by atoms with Gasteiger partial charge in [0.2, 0.25) is 0 Å². The van der Waals surface area contributed by atoms with Gasteiger partial charge in [0, 0.05) is 12.2 Å². The molecule has 0 unspecified atom stereocenters. The predicted molar refractivity (Wildman–Crippen MR) is 71.6 cm³/mol. The van der Waals surface area contributed by atoms with Crippen molar-refractivity contribution in [2.45, 2.75) is 6.92 Å². The average Bonchev–Trinajstić information content (AvgIpc) is 2.47. The number of hydrogen-bond acceptors (Lipinski definition) is 6. The maximum atomic E-state index is 11.9. The lowest BCUT2D eigenvalue weighted by Gasteiger charge is -2.25. The first-order chi connectivity index (χ1) is 9.39. The van der Waals surface area contributed by atoms with Crippen LogP contribution >= 0.6 is 0 Å². The Kier molecular flexibility index (Phi) is 7.65. The Morgan fingerprint density at radius 1 is 0.950 bits per heavy atom. The van der Waals surface area contributed by atoms with Crippen molar-refractivity contribution in [3.8, 4) is 0 Å². The lowest BCUT2D eigenvalue weighted by molar-refractivity contribution is -0.166. The third-order valence-electron chi connectivity index (χ3n) is 2.22. The molecular formula is C14H18O6. The average molecular weight is 282 g/mol. The standard InChI is InChI=1S/C14H18O6/c1-5-8-18-13(17)14(4,9-19-11(15)6-2)10-20-12(16)7-3/h5-7H,1-3,8-10H2,4H3. The van der Waals surface area contributed by atoms with E-state index in [0.29, 0.717) is 0 Å². The van der Waals surface area contributed by atoms with E-state index in [1.54, 1.807) is 0 Å². The number of ether oxygens (including phenoxy) is 3.